The van der Waals surface area contributed by atoms with Gasteiger partial charge in [0.1, 0.15) is 11.9 Å². The number of benzene rings is 2. The molecule has 0 aliphatic heterocycles. The Kier molecular flexibility index (Phi) is 13.0. The number of ether oxygens (including phenoxy) is 2. The average molecular weight is 535 g/mol. The lowest BCUT2D eigenvalue weighted by Gasteiger charge is -2.18. The molecule has 2 aromatic carbocycles. The third-order valence-electron chi connectivity index (χ3n) is 5.20. The van der Waals surface area contributed by atoms with E-state index in [4.69, 9.17) is 14.6 Å². The van der Waals surface area contributed by atoms with Crippen molar-refractivity contribution >= 4 is 36.2 Å². The highest BCUT2D eigenvalue weighted by Crippen LogP contribution is 2.23. The van der Waals surface area contributed by atoms with Crippen LogP contribution in [-0.4, -0.2) is 48.4 Å². The number of alkyl carbamates (subject to hydrolysis) is 1. The van der Waals surface area contributed by atoms with Crippen LogP contribution in [0.2, 0.25) is 0 Å². The van der Waals surface area contributed by atoms with Crippen molar-refractivity contribution in [2.24, 2.45) is 0 Å². The fourth-order valence-electron chi connectivity index (χ4n) is 3.25. The van der Waals surface area contributed by atoms with E-state index in [0.29, 0.717) is 37.1 Å². The molecule has 0 saturated carbocycles. The van der Waals surface area contributed by atoms with Gasteiger partial charge in [-0.05, 0) is 61.2 Å². The molecule has 0 heterocycles. The van der Waals surface area contributed by atoms with Crippen LogP contribution in [0.1, 0.15) is 54.9 Å². The van der Waals surface area contributed by atoms with Gasteiger partial charge in [0, 0.05) is 29.2 Å². The van der Waals surface area contributed by atoms with Crippen molar-refractivity contribution in [2.75, 3.05) is 6.54 Å². The minimum Gasteiger partial charge on any atom is -0.480 e. The minimum absolute atomic E-state index is 0.155. The molecule has 0 bridgehead atoms. The molecule has 0 fully saturated rings. The number of aliphatic carboxylic acids is 1. The number of carbonyl (C=O) groups excluding carboxylic acids is 3. The quantitative estimate of drug-likeness (QED) is 0.124. The Hall–Kier alpha value is -3.60. The van der Waals surface area contributed by atoms with E-state index in [2.05, 4.69) is 10.6 Å². The number of carboxylic acid groups (broad SMARTS) is 1. The highest BCUT2D eigenvalue weighted by atomic mass is 32.2. The van der Waals surface area contributed by atoms with Crippen molar-refractivity contribution in [3.8, 4) is 0 Å². The van der Waals surface area contributed by atoms with E-state index in [9.17, 15) is 23.6 Å². The van der Waals surface area contributed by atoms with Crippen LogP contribution in [0.5, 0.6) is 0 Å². The van der Waals surface area contributed by atoms with Gasteiger partial charge in [-0.25, -0.2) is 14.0 Å². The number of halogens is 1. The zero-order chi connectivity index (χ0) is 27.0. The van der Waals surface area contributed by atoms with Crippen molar-refractivity contribution in [3.05, 3.63) is 65.5 Å². The van der Waals surface area contributed by atoms with Crippen molar-refractivity contribution in [3.63, 3.8) is 0 Å². The number of carbonyl (C=O) groups is 4. The summed E-state index contributed by atoms with van der Waals surface area (Å²) in [6, 6.07) is 12.4. The summed E-state index contributed by atoms with van der Waals surface area (Å²) in [6.07, 6.45) is -0.159. The van der Waals surface area contributed by atoms with E-state index < -0.39 is 24.4 Å². The smallest absolute Gasteiger partial charge is 0.410 e. The Labute approximate surface area is 219 Å². The summed E-state index contributed by atoms with van der Waals surface area (Å²) >= 11 is 1.58. The molecule has 9 nitrogen and oxygen atoms in total. The Morgan fingerprint density at radius 1 is 1.05 bits per heavy atom. The van der Waals surface area contributed by atoms with E-state index in [1.807, 2.05) is 12.1 Å². The van der Waals surface area contributed by atoms with Crippen LogP contribution >= 0.6 is 11.8 Å². The first-order chi connectivity index (χ1) is 17.8. The first kappa shape index (κ1) is 29.6. The second-order valence-electron chi connectivity index (χ2n) is 8.08. The lowest BCUT2D eigenvalue weighted by atomic mass is 10.2. The van der Waals surface area contributed by atoms with Gasteiger partial charge >= 0.3 is 12.1 Å². The monoisotopic (exact) mass is 534 g/mol. The number of amides is 2. The molecule has 0 aromatic heterocycles. The van der Waals surface area contributed by atoms with Gasteiger partial charge in [-0.15, -0.1) is 11.8 Å². The molecule has 2 rings (SSSR count). The van der Waals surface area contributed by atoms with E-state index in [-0.39, 0.29) is 31.0 Å². The van der Waals surface area contributed by atoms with Crippen LogP contribution in [-0.2, 0) is 24.8 Å². The van der Waals surface area contributed by atoms with Gasteiger partial charge in [0.05, 0.1) is 0 Å². The van der Waals surface area contributed by atoms with E-state index in [1.54, 1.807) is 43.0 Å². The lowest BCUT2D eigenvalue weighted by Crippen LogP contribution is -2.42. The highest BCUT2D eigenvalue weighted by Gasteiger charge is 2.22. The SMILES string of the molecule is CCC[C@H](NC(=O)O[C@@H](CCCCNC(=O)c1ccc(SCc2ccc(F)cc2)cc1)OC=O)C(=O)O. The zero-order valence-corrected chi connectivity index (χ0v) is 21.3. The molecule has 2 atom stereocenters. The summed E-state index contributed by atoms with van der Waals surface area (Å²) in [4.78, 5) is 47.1. The number of hydrogen-bond acceptors (Lipinski definition) is 7. The van der Waals surface area contributed by atoms with E-state index >= 15 is 0 Å². The minimum atomic E-state index is -1.18. The molecule has 0 aliphatic carbocycles. The number of hydrogen-bond donors (Lipinski definition) is 3. The van der Waals surface area contributed by atoms with Gasteiger partial charge in [-0.3, -0.25) is 9.59 Å². The summed E-state index contributed by atoms with van der Waals surface area (Å²) in [5.74, 6) is -1.000. The highest BCUT2D eigenvalue weighted by molar-refractivity contribution is 7.98. The Morgan fingerprint density at radius 3 is 2.38 bits per heavy atom. The molecular weight excluding hydrogens is 503 g/mol. The van der Waals surface area contributed by atoms with Gasteiger partial charge in [-0.2, -0.15) is 0 Å². The maximum absolute atomic E-state index is 13.0. The molecule has 0 aliphatic rings. The fourth-order valence-corrected chi connectivity index (χ4v) is 4.10. The molecule has 0 spiro atoms. The molecule has 0 saturated heterocycles. The number of unbranched alkanes of at least 4 members (excludes halogenated alkanes) is 1. The van der Waals surface area contributed by atoms with Crippen LogP contribution in [0.3, 0.4) is 0 Å². The standard InChI is InChI=1S/C26H31FN2O7S/c1-2-5-22(25(32)33)29-26(34)36-23(35-17-30)6-3-4-15-28-24(31)19-9-13-21(14-10-19)37-16-18-7-11-20(27)12-8-18/h7-14,17,22-23H,2-6,15-16H2,1H3,(H,28,31)(H,29,34)(H,32,33)/t22-,23-/m0/s1. The molecule has 2 aromatic rings. The summed E-state index contributed by atoms with van der Waals surface area (Å²) in [5.41, 5.74) is 1.51. The Morgan fingerprint density at radius 2 is 1.76 bits per heavy atom. The maximum atomic E-state index is 13.0. The van der Waals surface area contributed by atoms with Crippen molar-refractivity contribution in [1.29, 1.82) is 0 Å². The first-order valence-corrected chi connectivity index (χ1v) is 12.9. The normalized spacial score (nSPS) is 12.2. The molecule has 11 heteroatoms. The van der Waals surface area contributed by atoms with Gasteiger partial charge < -0.3 is 25.2 Å². The first-order valence-electron chi connectivity index (χ1n) is 11.9. The Bertz CT molecular complexity index is 1020. The molecule has 3 N–H and O–H groups in total. The lowest BCUT2D eigenvalue weighted by molar-refractivity contribution is -0.154. The topological polar surface area (TPSA) is 131 Å². The number of nitrogens with one attached hydrogen (secondary N) is 2. The van der Waals surface area contributed by atoms with Crippen LogP contribution < -0.4 is 10.6 Å². The molecule has 2 amide bonds. The zero-order valence-electron chi connectivity index (χ0n) is 20.5. The molecule has 0 unspecified atom stereocenters. The second kappa shape index (κ2) is 16.2. The molecular formula is C26H31FN2O7S. The van der Waals surface area contributed by atoms with Crippen molar-refractivity contribution in [1.82, 2.24) is 10.6 Å². The number of thioether (sulfide) groups is 1. The maximum Gasteiger partial charge on any atom is 0.410 e. The molecule has 200 valence electrons. The summed E-state index contributed by atoms with van der Waals surface area (Å²) in [7, 11) is 0. The third kappa shape index (κ3) is 11.3. The van der Waals surface area contributed by atoms with E-state index in [1.165, 1.54) is 12.1 Å². The molecule has 0 radical (unpaired) electrons. The third-order valence-corrected chi connectivity index (χ3v) is 6.28. The van der Waals surface area contributed by atoms with Gasteiger partial charge in [-0.1, -0.05) is 25.5 Å². The van der Waals surface area contributed by atoms with Crippen molar-refractivity contribution in [2.45, 2.75) is 62.0 Å². The summed E-state index contributed by atoms with van der Waals surface area (Å²) < 4.78 is 22.8. The average Bonchev–Trinajstić information content (AvgIpc) is 2.88. The summed E-state index contributed by atoms with van der Waals surface area (Å²) in [5, 5.41) is 14.1. The largest absolute Gasteiger partial charge is 0.480 e. The summed E-state index contributed by atoms with van der Waals surface area (Å²) in [6.45, 7) is 2.30. The second-order valence-corrected chi connectivity index (χ2v) is 9.13. The van der Waals surface area contributed by atoms with Crippen LogP contribution in [0.4, 0.5) is 9.18 Å². The van der Waals surface area contributed by atoms with Crippen LogP contribution in [0.25, 0.3) is 0 Å². The van der Waals surface area contributed by atoms with Gasteiger partial charge in [0.25, 0.3) is 12.4 Å². The fraction of sp³-hybridized carbons (Fsp3) is 0.385. The number of rotatable bonds is 16. The van der Waals surface area contributed by atoms with Gasteiger partial charge in [0.15, 0.2) is 0 Å². The van der Waals surface area contributed by atoms with E-state index in [0.717, 1.165) is 10.5 Å². The van der Waals surface area contributed by atoms with Crippen LogP contribution in [0, 0.1) is 5.82 Å². The number of carboxylic acids is 1. The molecule has 37 heavy (non-hydrogen) atoms. The van der Waals surface area contributed by atoms with Gasteiger partial charge in [0.2, 0.25) is 6.29 Å². The predicted molar refractivity (Wildman–Crippen MR) is 135 cm³/mol. The van der Waals surface area contributed by atoms with Crippen LogP contribution in [0.15, 0.2) is 53.4 Å². The van der Waals surface area contributed by atoms with Crippen molar-refractivity contribution < 1.29 is 38.1 Å². The Balaban J connectivity index is 1.69. The predicted octanol–water partition coefficient (Wildman–Crippen LogP) is 4.50.